The quantitative estimate of drug-likeness (QED) is 0.885. The van der Waals surface area contributed by atoms with Crippen molar-refractivity contribution in [3.8, 4) is 5.75 Å². The number of hydrogen-bond acceptors (Lipinski definition) is 2. The molecule has 2 aromatic carbocycles. The molecule has 2 aromatic rings. The SMILES string of the molecule is Cc1ccc(C)c(CC(=O)Nc2cccc(O)c2)c1. The van der Waals surface area contributed by atoms with Gasteiger partial charge in [0.25, 0.3) is 0 Å². The van der Waals surface area contributed by atoms with E-state index in [1.165, 1.54) is 6.07 Å². The third-order valence-corrected chi connectivity index (χ3v) is 2.99. The Morgan fingerprint density at radius 3 is 2.68 bits per heavy atom. The summed E-state index contributed by atoms with van der Waals surface area (Å²) in [6.07, 6.45) is 0.336. The van der Waals surface area contributed by atoms with E-state index in [2.05, 4.69) is 5.32 Å². The van der Waals surface area contributed by atoms with Crippen LogP contribution in [0.5, 0.6) is 5.75 Å². The summed E-state index contributed by atoms with van der Waals surface area (Å²) in [5.41, 5.74) is 3.88. The average molecular weight is 255 g/mol. The zero-order valence-electron chi connectivity index (χ0n) is 11.1. The molecule has 0 fully saturated rings. The van der Waals surface area contributed by atoms with Crippen molar-refractivity contribution in [1.82, 2.24) is 0 Å². The average Bonchev–Trinajstić information content (AvgIpc) is 2.34. The van der Waals surface area contributed by atoms with Crippen LogP contribution in [0.1, 0.15) is 16.7 Å². The van der Waals surface area contributed by atoms with Gasteiger partial charge in [-0.2, -0.15) is 0 Å². The number of aromatic hydroxyl groups is 1. The Morgan fingerprint density at radius 2 is 1.95 bits per heavy atom. The van der Waals surface area contributed by atoms with Gasteiger partial charge in [0.15, 0.2) is 0 Å². The van der Waals surface area contributed by atoms with E-state index in [0.717, 1.165) is 16.7 Å². The molecule has 0 saturated carbocycles. The predicted octanol–water partition coefficient (Wildman–Crippen LogP) is 3.19. The summed E-state index contributed by atoms with van der Waals surface area (Å²) >= 11 is 0. The molecule has 0 heterocycles. The first-order valence-electron chi connectivity index (χ1n) is 6.19. The molecule has 0 unspecified atom stereocenters. The summed E-state index contributed by atoms with van der Waals surface area (Å²) < 4.78 is 0. The first-order chi connectivity index (χ1) is 9.04. The Hall–Kier alpha value is -2.29. The molecule has 0 atom stereocenters. The van der Waals surface area contributed by atoms with Gasteiger partial charge >= 0.3 is 0 Å². The van der Waals surface area contributed by atoms with Crippen LogP contribution in [0.2, 0.25) is 0 Å². The van der Waals surface area contributed by atoms with E-state index in [9.17, 15) is 9.90 Å². The molecule has 0 spiro atoms. The first-order valence-corrected chi connectivity index (χ1v) is 6.19. The van der Waals surface area contributed by atoms with Gasteiger partial charge in [0.05, 0.1) is 6.42 Å². The van der Waals surface area contributed by atoms with Crippen LogP contribution < -0.4 is 5.32 Å². The summed E-state index contributed by atoms with van der Waals surface area (Å²) in [7, 11) is 0. The molecule has 19 heavy (non-hydrogen) atoms. The second-order valence-corrected chi connectivity index (χ2v) is 4.71. The van der Waals surface area contributed by atoms with Crippen LogP contribution in [0, 0.1) is 13.8 Å². The highest BCUT2D eigenvalue weighted by Crippen LogP contribution is 2.16. The smallest absolute Gasteiger partial charge is 0.228 e. The van der Waals surface area contributed by atoms with Gasteiger partial charge in [-0.25, -0.2) is 0 Å². The van der Waals surface area contributed by atoms with Gasteiger partial charge in [-0.1, -0.05) is 29.8 Å². The number of amides is 1. The zero-order chi connectivity index (χ0) is 13.8. The minimum Gasteiger partial charge on any atom is -0.508 e. The third-order valence-electron chi connectivity index (χ3n) is 2.99. The van der Waals surface area contributed by atoms with Crippen molar-refractivity contribution in [3.05, 3.63) is 59.2 Å². The predicted molar refractivity (Wildman–Crippen MR) is 76.4 cm³/mol. The number of aryl methyl sites for hydroxylation is 2. The topological polar surface area (TPSA) is 49.3 Å². The normalized spacial score (nSPS) is 10.2. The fourth-order valence-electron chi connectivity index (χ4n) is 1.95. The molecule has 3 nitrogen and oxygen atoms in total. The maximum atomic E-state index is 12.0. The summed E-state index contributed by atoms with van der Waals surface area (Å²) in [6, 6.07) is 12.6. The molecule has 0 aliphatic heterocycles. The fourth-order valence-corrected chi connectivity index (χ4v) is 1.95. The number of carbonyl (C=O) groups excluding carboxylic acids is 1. The van der Waals surface area contributed by atoms with Gasteiger partial charge in [0, 0.05) is 11.8 Å². The number of hydrogen-bond donors (Lipinski definition) is 2. The highest BCUT2D eigenvalue weighted by atomic mass is 16.3. The molecule has 1 amide bonds. The molecule has 0 aliphatic rings. The van der Waals surface area contributed by atoms with Gasteiger partial charge in [0.1, 0.15) is 5.75 Å². The summed E-state index contributed by atoms with van der Waals surface area (Å²) in [4.78, 5) is 12.0. The Balaban J connectivity index is 2.07. The Kier molecular flexibility index (Phi) is 3.85. The van der Waals surface area contributed by atoms with E-state index >= 15 is 0 Å². The number of phenolic OH excluding ortho intramolecular Hbond substituents is 1. The number of carbonyl (C=O) groups is 1. The maximum absolute atomic E-state index is 12.0. The highest BCUT2D eigenvalue weighted by molar-refractivity contribution is 5.92. The highest BCUT2D eigenvalue weighted by Gasteiger charge is 2.07. The van der Waals surface area contributed by atoms with Crippen LogP contribution in [-0.4, -0.2) is 11.0 Å². The van der Waals surface area contributed by atoms with Crippen molar-refractivity contribution in [1.29, 1.82) is 0 Å². The number of anilines is 1. The van der Waals surface area contributed by atoms with Gasteiger partial charge < -0.3 is 10.4 Å². The number of rotatable bonds is 3. The van der Waals surface area contributed by atoms with E-state index in [0.29, 0.717) is 12.1 Å². The van der Waals surface area contributed by atoms with E-state index in [-0.39, 0.29) is 11.7 Å². The van der Waals surface area contributed by atoms with Gasteiger partial charge in [-0.3, -0.25) is 4.79 Å². The van der Waals surface area contributed by atoms with Crippen LogP contribution in [0.3, 0.4) is 0 Å². The monoisotopic (exact) mass is 255 g/mol. The largest absolute Gasteiger partial charge is 0.508 e. The lowest BCUT2D eigenvalue weighted by molar-refractivity contribution is -0.115. The van der Waals surface area contributed by atoms with E-state index in [1.54, 1.807) is 18.2 Å². The maximum Gasteiger partial charge on any atom is 0.228 e. The molecular formula is C16H17NO2. The molecule has 3 heteroatoms. The molecule has 0 saturated heterocycles. The van der Waals surface area contributed by atoms with Crippen LogP contribution in [0.4, 0.5) is 5.69 Å². The Bertz CT molecular complexity index is 605. The lowest BCUT2D eigenvalue weighted by Gasteiger charge is -2.08. The van der Waals surface area contributed by atoms with Crippen LogP contribution in [0.25, 0.3) is 0 Å². The van der Waals surface area contributed by atoms with Crippen molar-refractivity contribution in [2.45, 2.75) is 20.3 Å². The van der Waals surface area contributed by atoms with E-state index in [1.807, 2.05) is 32.0 Å². The minimum absolute atomic E-state index is 0.0840. The zero-order valence-corrected chi connectivity index (χ0v) is 11.1. The molecule has 0 aliphatic carbocycles. The van der Waals surface area contributed by atoms with Gasteiger partial charge in [0.2, 0.25) is 5.91 Å². The standard InChI is InChI=1S/C16H17NO2/c1-11-6-7-12(2)13(8-11)9-16(19)17-14-4-3-5-15(18)10-14/h3-8,10,18H,9H2,1-2H3,(H,17,19). The van der Waals surface area contributed by atoms with Crippen molar-refractivity contribution in [2.24, 2.45) is 0 Å². The number of benzene rings is 2. The number of phenols is 1. The van der Waals surface area contributed by atoms with Crippen LogP contribution in [0.15, 0.2) is 42.5 Å². The van der Waals surface area contributed by atoms with E-state index < -0.39 is 0 Å². The molecule has 0 radical (unpaired) electrons. The lowest BCUT2D eigenvalue weighted by Crippen LogP contribution is -2.15. The van der Waals surface area contributed by atoms with Crippen molar-refractivity contribution >= 4 is 11.6 Å². The third kappa shape index (κ3) is 3.58. The lowest BCUT2D eigenvalue weighted by atomic mass is 10.0. The van der Waals surface area contributed by atoms with Gasteiger partial charge in [-0.05, 0) is 37.1 Å². The van der Waals surface area contributed by atoms with E-state index in [4.69, 9.17) is 0 Å². The summed E-state index contributed by atoms with van der Waals surface area (Å²) in [5, 5.41) is 12.1. The summed E-state index contributed by atoms with van der Waals surface area (Å²) in [5.74, 6) is 0.0591. The second-order valence-electron chi connectivity index (χ2n) is 4.71. The van der Waals surface area contributed by atoms with Crippen LogP contribution >= 0.6 is 0 Å². The molecule has 0 aromatic heterocycles. The summed E-state index contributed by atoms with van der Waals surface area (Å²) in [6.45, 7) is 4.01. The van der Waals surface area contributed by atoms with Crippen LogP contribution in [-0.2, 0) is 11.2 Å². The van der Waals surface area contributed by atoms with Crippen molar-refractivity contribution in [3.63, 3.8) is 0 Å². The fraction of sp³-hybridized carbons (Fsp3) is 0.188. The van der Waals surface area contributed by atoms with Crippen molar-refractivity contribution < 1.29 is 9.90 Å². The second kappa shape index (κ2) is 5.57. The van der Waals surface area contributed by atoms with Gasteiger partial charge in [-0.15, -0.1) is 0 Å². The molecule has 2 N–H and O–H groups in total. The molecular weight excluding hydrogens is 238 g/mol. The first kappa shape index (κ1) is 13.1. The number of nitrogens with one attached hydrogen (secondary N) is 1. The van der Waals surface area contributed by atoms with Crippen molar-refractivity contribution in [2.75, 3.05) is 5.32 Å². The Labute approximate surface area is 112 Å². The molecule has 0 bridgehead atoms. The molecule has 2 rings (SSSR count). The Morgan fingerprint density at radius 1 is 1.16 bits per heavy atom. The molecule has 98 valence electrons. The minimum atomic E-state index is -0.0840.